The van der Waals surface area contributed by atoms with Gasteiger partial charge in [-0.25, -0.2) is 0 Å². The van der Waals surface area contributed by atoms with Crippen LogP contribution in [-0.2, 0) is 0 Å². The largest absolute Gasteiger partial charge is 0.394 e. The molecule has 0 radical (unpaired) electrons. The minimum Gasteiger partial charge on any atom is -0.394 e. The fourth-order valence-electron chi connectivity index (χ4n) is 0.985. The summed E-state index contributed by atoms with van der Waals surface area (Å²) in [5.74, 6) is 0. The van der Waals surface area contributed by atoms with E-state index >= 15 is 0 Å². The molecule has 86 valence electrons. The van der Waals surface area contributed by atoms with Gasteiger partial charge in [0.05, 0.1) is 24.3 Å². The number of hydrazone groups is 1. The predicted octanol–water partition coefficient (Wildman–Crippen LogP) is 1.16. The second-order valence-electron chi connectivity index (χ2n) is 2.86. The van der Waals surface area contributed by atoms with E-state index in [9.17, 15) is 10.1 Å². The van der Waals surface area contributed by atoms with Crippen molar-refractivity contribution < 1.29 is 10.0 Å². The number of rotatable bonds is 5. The molecule has 0 aliphatic carbocycles. The molecule has 0 saturated carbocycles. The lowest BCUT2D eigenvalue weighted by Crippen LogP contribution is -2.11. The minimum absolute atomic E-state index is 0.0297. The first kappa shape index (κ1) is 12.4. The van der Waals surface area contributed by atoms with Gasteiger partial charge in [0.15, 0.2) is 0 Å². The summed E-state index contributed by atoms with van der Waals surface area (Å²) in [7, 11) is 0. The van der Waals surface area contributed by atoms with Crippen molar-refractivity contribution >= 4 is 23.5 Å². The van der Waals surface area contributed by atoms with Crippen LogP contribution in [0.4, 0.5) is 5.69 Å². The lowest BCUT2D eigenvalue weighted by atomic mass is 10.2. The summed E-state index contributed by atoms with van der Waals surface area (Å²) in [6.07, 6.45) is 1.42. The number of nitro benzene ring substituents is 1. The molecule has 0 spiro atoms. The van der Waals surface area contributed by atoms with Crippen molar-refractivity contribution in [1.82, 2.24) is 5.43 Å². The van der Waals surface area contributed by atoms with E-state index in [1.807, 2.05) is 0 Å². The summed E-state index contributed by atoms with van der Waals surface area (Å²) in [6, 6.07) is 4.37. The van der Waals surface area contributed by atoms with Crippen molar-refractivity contribution in [2.75, 3.05) is 13.2 Å². The number of aliphatic hydroxyl groups is 1. The van der Waals surface area contributed by atoms with E-state index in [1.165, 1.54) is 18.3 Å². The average Bonchev–Trinajstić information content (AvgIpc) is 2.26. The van der Waals surface area contributed by atoms with Gasteiger partial charge in [-0.3, -0.25) is 10.1 Å². The van der Waals surface area contributed by atoms with E-state index in [2.05, 4.69) is 10.5 Å². The van der Waals surface area contributed by atoms with E-state index in [1.54, 1.807) is 6.07 Å². The number of halogens is 1. The summed E-state index contributed by atoms with van der Waals surface area (Å²) >= 11 is 5.64. The van der Waals surface area contributed by atoms with Crippen molar-refractivity contribution in [3.8, 4) is 0 Å². The van der Waals surface area contributed by atoms with Crippen molar-refractivity contribution in [2.24, 2.45) is 5.10 Å². The molecule has 1 aromatic carbocycles. The zero-order chi connectivity index (χ0) is 12.0. The standard InChI is InChI=1S/C9H10ClN3O3/c10-8-2-1-7(5-9(8)13(15)16)6-12-11-3-4-14/h1-2,5-6,11,14H,3-4H2. The van der Waals surface area contributed by atoms with Gasteiger partial charge in [-0.2, -0.15) is 5.10 Å². The van der Waals surface area contributed by atoms with Gasteiger partial charge in [0.1, 0.15) is 5.02 Å². The second kappa shape index (κ2) is 6.04. The Morgan fingerprint density at radius 3 is 3.00 bits per heavy atom. The number of hydrogen-bond acceptors (Lipinski definition) is 5. The van der Waals surface area contributed by atoms with Gasteiger partial charge in [-0.05, 0) is 6.07 Å². The Morgan fingerprint density at radius 1 is 1.62 bits per heavy atom. The van der Waals surface area contributed by atoms with E-state index in [0.717, 1.165) is 0 Å². The molecular weight excluding hydrogens is 234 g/mol. The molecule has 0 unspecified atom stereocenters. The van der Waals surface area contributed by atoms with E-state index in [0.29, 0.717) is 12.1 Å². The van der Waals surface area contributed by atoms with Crippen LogP contribution in [0.15, 0.2) is 23.3 Å². The zero-order valence-corrected chi connectivity index (χ0v) is 9.02. The van der Waals surface area contributed by atoms with E-state index in [-0.39, 0.29) is 17.3 Å². The lowest BCUT2D eigenvalue weighted by Gasteiger charge is -1.97. The Labute approximate surface area is 96.7 Å². The third-order valence-electron chi connectivity index (χ3n) is 1.70. The minimum atomic E-state index is -0.555. The third kappa shape index (κ3) is 3.48. The predicted molar refractivity (Wildman–Crippen MR) is 60.8 cm³/mol. The summed E-state index contributed by atoms with van der Waals surface area (Å²) in [4.78, 5) is 10.0. The van der Waals surface area contributed by atoms with Crippen molar-refractivity contribution in [1.29, 1.82) is 0 Å². The Balaban J connectivity index is 2.78. The molecular formula is C9H10ClN3O3. The number of aliphatic hydroxyl groups excluding tert-OH is 1. The van der Waals surface area contributed by atoms with Gasteiger partial charge in [0, 0.05) is 11.6 Å². The Kier molecular flexibility index (Phi) is 4.68. The molecule has 0 amide bonds. The molecule has 0 saturated heterocycles. The quantitative estimate of drug-likeness (QED) is 0.352. The summed E-state index contributed by atoms with van der Waals surface area (Å²) in [5, 5.41) is 22.9. The van der Waals surface area contributed by atoms with Gasteiger partial charge in [0.2, 0.25) is 0 Å². The summed E-state index contributed by atoms with van der Waals surface area (Å²) < 4.78 is 0. The number of nitrogens with zero attached hydrogens (tertiary/aromatic N) is 2. The Hall–Kier alpha value is -1.66. The first-order valence-electron chi connectivity index (χ1n) is 4.46. The van der Waals surface area contributed by atoms with E-state index < -0.39 is 4.92 Å². The van der Waals surface area contributed by atoms with Crippen LogP contribution in [-0.4, -0.2) is 29.4 Å². The molecule has 2 N–H and O–H groups in total. The van der Waals surface area contributed by atoms with Crippen molar-refractivity contribution in [3.63, 3.8) is 0 Å². The molecule has 0 atom stereocenters. The fraction of sp³-hybridized carbons (Fsp3) is 0.222. The first-order chi connectivity index (χ1) is 7.65. The van der Waals surface area contributed by atoms with Gasteiger partial charge in [-0.1, -0.05) is 17.7 Å². The number of nitro groups is 1. The van der Waals surface area contributed by atoms with Crippen LogP contribution in [0.3, 0.4) is 0 Å². The molecule has 0 bridgehead atoms. The number of nitrogens with one attached hydrogen (secondary N) is 1. The van der Waals surface area contributed by atoms with E-state index in [4.69, 9.17) is 16.7 Å². The van der Waals surface area contributed by atoms with Gasteiger partial charge in [0.25, 0.3) is 5.69 Å². The van der Waals surface area contributed by atoms with Crippen LogP contribution in [0.5, 0.6) is 0 Å². The highest BCUT2D eigenvalue weighted by molar-refractivity contribution is 6.32. The van der Waals surface area contributed by atoms with Crippen LogP contribution >= 0.6 is 11.6 Å². The van der Waals surface area contributed by atoms with Gasteiger partial charge in [-0.15, -0.1) is 0 Å². The fourth-order valence-corrected chi connectivity index (χ4v) is 1.17. The Bertz CT molecular complexity index is 409. The molecule has 1 aromatic rings. The molecule has 0 fully saturated rings. The molecule has 16 heavy (non-hydrogen) atoms. The summed E-state index contributed by atoms with van der Waals surface area (Å²) in [5.41, 5.74) is 2.96. The monoisotopic (exact) mass is 243 g/mol. The molecule has 0 aromatic heterocycles. The average molecular weight is 244 g/mol. The first-order valence-corrected chi connectivity index (χ1v) is 4.83. The Morgan fingerprint density at radius 2 is 2.38 bits per heavy atom. The highest BCUT2D eigenvalue weighted by Gasteiger charge is 2.11. The summed E-state index contributed by atoms with van der Waals surface area (Å²) in [6.45, 7) is 0.296. The maximum absolute atomic E-state index is 10.6. The molecule has 1 rings (SSSR count). The van der Waals surface area contributed by atoms with Gasteiger partial charge < -0.3 is 10.5 Å². The topological polar surface area (TPSA) is 87.8 Å². The maximum Gasteiger partial charge on any atom is 0.288 e. The normalized spacial score (nSPS) is 10.6. The highest BCUT2D eigenvalue weighted by Crippen LogP contribution is 2.24. The van der Waals surface area contributed by atoms with Crippen molar-refractivity contribution in [2.45, 2.75) is 0 Å². The van der Waals surface area contributed by atoms with Crippen LogP contribution < -0.4 is 5.43 Å². The molecule has 0 aliphatic heterocycles. The SMILES string of the molecule is O=[N+]([O-])c1cc(C=NNCCO)ccc1Cl. The van der Waals surface area contributed by atoms with Crippen LogP contribution in [0, 0.1) is 10.1 Å². The van der Waals surface area contributed by atoms with Crippen LogP contribution in [0.25, 0.3) is 0 Å². The highest BCUT2D eigenvalue weighted by atomic mass is 35.5. The third-order valence-corrected chi connectivity index (χ3v) is 2.02. The van der Waals surface area contributed by atoms with Crippen molar-refractivity contribution in [3.05, 3.63) is 38.9 Å². The zero-order valence-electron chi connectivity index (χ0n) is 8.26. The molecule has 7 heteroatoms. The number of benzene rings is 1. The van der Waals surface area contributed by atoms with Crippen LogP contribution in [0.2, 0.25) is 5.02 Å². The molecule has 0 aliphatic rings. The van der Waals surface area contributed by atoms with Crippen LogP contribution in [0.1, 0.15) is 5.56 Å². The number of hydrogen-bond donors (Lipinski definition) is 2. The molecule has 6 nitrogen and oxygen atoms in total. The smallest absolute Gasteiger partial charge is 0.288 e. The van der Waals surface area contributed by atoms with Gasteiger partial charge >= 0.3 is 0 Å². The second-order valence-corrected chi connectivity index (χ2v) is 3.27. The molecule has 0 heterocycles. The maximum atomic E-state index is 10.6. The lowest BCUT2D eigenvalue weighted by molar-refractivity contribution is -0.384.